The fraction of sp³-hybridized carbons (Fsp3) is 0.321. The molecule has 1 heterocycles. The van der Waals surface area contributed by atoms with Gasteiger partial charge < -0.3 is 14.9 Å². The molecule has 0 saturated carbocycles. The Morgan fingerprint density at radius 1 is 0.971 bits per heavy atom. The molecule has 0 aliphatic carbocycles. The van der Waals surface area contributed by atoms with Crippen LogP contribution in [-0.2, 0) is 10.2 Å². The van der Waals surface area contributed by atoms with Crippen molar-refractivity contribution in [1.29, 1.82) is 0 Å². The number of carboxylic acids is 1. The van der Waals surface area contributed by atoms with Crippen molar-refractivity contribution in [3.05, 3.63) is 94.5 Å². The lowest BCUT2D eigenvalue weighted by Gasteiger charge is -2.49. The van der Waals surface area contributed by atoms with E-state index in [1.54, 1.807) is 12.1 Å². The fourth-order valence-corrected chi connectivity index (χ4v) is 5.18. The van der Waals surface area contributed by atoms with Crippen LogP contribution in [0.1, 0.15) is 37.8 Å². The highest BCUT2D eigenvalue weighted by atomic mass is 79.9. The van der Waals surface area contributed by atoms with Crippen LogP contribution in [0.3, 0.4) is 0 Å². The third-order valence-corrected chi connectivity index (χ3v) is 7.33. The summed E-state index contributed by atoms with van der Waals surface area (Å²) < 4.78 is 6.80. The molecule has 6 heteroatoms. The van der Waals surface area contributed by atoms with Crippen molar-refractivity contribution in [3.8, 4) is 11.5 Å². The van der Waals surface area contributed by atoms with E-state index < -0.39 is 11.4 Å². The first-order valence-electron chi connectivity index (χ1n) is 11.5. The molecule has 1 saturated heterocycles. The maximum absolute atomic E-state index is 12.8. The van der Waals surface area contributed by atoms with Crippen molar-refractivity contribution in [2.24, 2.45) is 0 Å². The topological polar surface area (TPSA) is 70.0 Å². The van der Waals surface area contributed by atoms with E-state index in [-0.39, 0.29) is 17.4 Å². The molecule has 5 nitrogen and oxygen atoms in total. The van der Waals surface area contributed by atoms with Crippen LogP contribution in [0.25, 0.3) is 0 Å². The molecule has 1 aliphatic rings. The number of likely N-dealkylation sites (tertiary alicyclic amines) is 1. The number of ether oxygens (including phenoxy) is 1. The minimum atomic E-state index is -1.12. The molecule has 1 aliphatic heterocycles. The predicted molar refractivity (Wildman–Crippen MR) is 136 cm³/mol. The Bertz CT molecular complexity index is 1070. The normalized spacial score (nSPS) is 15.0. The number of aliphatic carboxylic acids is 1. The summed E-state index contributed by atoms with van der Waals surface area (Å²) >= 11 is 3.38. The molecular weight excluding hydrogens is 494 g/mol. The van der Waals surface area contributed by atoms with Crippen LogP contribution >= 0.6 is 15.9 Å². The van der Waals surface area contributed by atoms with E-state index in [1.807, 2.05) is 66.7 Å². The zero-order valence-corrected chi connectivity index (χ0v) is 21.0. The smallest absolute Gasteiger partial charge is 0.318 e. The standard InChI is InChI=1S/C28H30BrNO4/c1-27(2,30-18-25(19-30)34-24-16-22(29)15-23(31)17-24)13-14-28(26(32)33,20-9-5-3-6-10-20)21-11-7-4-8-12-21/h3-12,15-17,25,31H,13-14,18-19H2,1-2H3,(H,32,33). The maximum atomic E-state index is 12.8. The molecule has 2 N–H and O–H groups in total. The van der Waals surface area contributed by atoms with Gasteiger partial charge in [-0.2, -0.15) is 0 Å². The molecule has 0 amide bonds. The molecule has 3 aromatic rings. The number of phenolic OH excluding ortho intramolecular Hbond substituents is 1. The monoisotopic (exact) mass is 523 g/mol. The molecule has 0 aromatic heterocycles. The van der Waals surface area contributed by atoms with Gasteiger partial charge >= 0.3 is 5.97 Å². The van der Waals surface area contributed by atoms with E-state index in [0.29, 0.717) is 18.6 Å². The summed E-state index contributed by atoms with van der Waals surface area (Å²) in [5.74, 6) is -0.0416. The summed E-state index contributed by atoms with van der Waals surface area (Å²) in [5.41, 5.74) is 0.269. The fourth-order valence-electron chi connectivity index (χ4n) is 4.72. The molecular formula is C28H30BrNO4. The van der Waals surface area contributed by atoms with Crippen LogP contribution in [-0.4, -0.2) is 45.8 Å². The Hall–Kier alpha value is -2.83. The third kappa shape index (κ3) is 4.98. The van der Waals surface area contributed by atoms with Gasteiger partial charge in [0, 0.05) is 29.2 Å². The first kappa shape index (κ1) is 24.3. The first-order chi connectivity index (χ1) is 16.2. The first-order valence-corrected chi connectivity index (χ1v) is 12.3. The van der Waals surface area contributed by atoms with E-state index in [0.717, 1.165) is 28.7 Å². The molecule has 0 unspecified atom stereocenters. The number of aromatic hydroxyl groups is 1. The van der Waals surface area contributed by atoms with Crippen molar-refractivity contribution in [2.75, 3.05) is 13.1 Å². The van der Waals surface area contributed by atoms with Gasteiger partial charge in [0.1, 0.15) is 23.0 Å². The van der Waals surface area contributed by atoms with Gasteiger partial charge in [-0.15, -0.1) is 0 Å². The number of nitrogens with zero attached hydrogens (tertiary/aromatic N) is 1. The number of hydrogen-bond acceptors (Lipinski definition) is 4. The van der Waals surface area contributed by atoms with Gasteiger partial charge in [0.15, 0.2) is 0 Å². The highest BCUT2D eigenvalue weighted by molar-refractivity contribution is 9.10. The van der Waals surface area contributed by atoms with Gasteiger partial charge in [0.05, 0.1) is 0 Å². The quantitative estimate of drug-likeness (QED) is 0.368. The number of halogens is 1. The van der Waals surface area contributed by atoms with Crippen LogP contribution in [0.2, 0.25) is 0 Å². The third-order valence-electron chi connectivity index (χ3n) is 6.87. The van der Waals surface area contributed by atoms with E-state index in [2.05, 4.69) is 34.7 Å². The van der Waals surface area contributed by atoms with E-state index >= 15 is 0 Å². The van der Waals surface area contributed by atoms with Crippen LogP contribution in [0.15, 0.2) is 83.3 Å². The largest absolute Gasteiger partial charge is 0.508 e. The van der Waals surface area contributed by atoms with Gasteiger partial charge in [-0.3, -0.25) is 9.69 Å². The lowest BCUT2D eigenvalue weighted by molar-refractivity contribution is -0.143. The maximum Gasteiger partial charge on any atom is 0.318 e. The minimum Gasteiger partial charge on any atom is -0.508 e. The lowest BCUT2D eigenvalue weighted by Crippen LogP contribution is -2.62. The number of benzene rings is 3. The van der Waals surface area contributed by atoms with Crippen LogP contribution < -0.4 is 4.74 Å². The van der Waals surface area contributed by atoms with Gasteiger partial charge in [-0.05, 0) is 49.9 Å². The Labute approximate surface area is 209 Å². The second-order valence-corrected chi connectivity index (χ2v) is 10.5. The molecule has 0 atom stereocenters. The summed E-state index contributed by atoms with van der Waals surface area (Å²) in [4.78, 5) is 15.2. The molecule has 0 bridgehead atoms. The molecule has 178 valence electrons. The molecule has 34 heavy (non-hydrogen) atoms. The Kier molecular flexibility index (Phi) is 7.01. The van der Waals surface area contributed by atoms with Crippen LogP contribution in [0.4, 0.5) is 0 Å². The van der Waals surface area contributed by atoms with Gasteiger partial charge in [0.25, 0.3) is 0 Å². The van der Waals surface area contributed by atoms with Crippen LogP contribution in [0, 0.1) is 0 Å². The second-order valence-electron chi connectivity index (χ2n) is 9.54. The molecule has 0 spiro atoms. The number of hydrogen-bond donors (Lipinski definition) is 2. The molecule has 3 aromatic carbocycles. The lowest BCUT2D eigenvalue weighted by atomic mass is 9.69. The van der Waals surface area contributed by atoms with E-state index in [4.69, 9.17) is 4.74 Å². The van der Waals surface area contributed by atoms with Crippen molar-refractivity contribution in [1.82, 2.24) is 4.90 Å². The van der Waals surface area contributed by atoms with E-state index in [1.165, 1.54) is 0 Å². The number of phenols is 1. The van der Waals surface area contributed by atoms with Crippen molar-refractivity contribution < 1.29 is 19.7 Å². The Morgan fingerprint density at radius 2 is 1.53 bits per heavy atom. The zero-order valence-electron chi connectivity index (χ0n) is 19.4. The minimum absolute atomic E-state index is 0.0282. The number of carbonyl (C=O) groups is 1. The summed E-state index contributed by atoms with van der Waals surface area (Å²) in [6.07, 6.45) is 1.21. The van der Waals surface area contributed by atoms with Gasteiger partial charge in [0.2, 0.25) is 0 Å². The second kappa shape index (κ2) is 9.80. The van der Waals surface area contributed by atoms with Crippen molar-refractivity contribution in [2.45, 2.75) is 43.7 Å². The Balaban J connectivity index is 1.49. The molecule has 4 rings (SSSR count). The van der Waals surface area contributed by atoms with E-state index in [9.17, 15) is 15.0 Å². The predicted octanol–water partition coefficient (Wildman–Crippen LogP) is 5.85. The average Bonchev–Trinajstić information content (AvgIpc) is 2.77. The SMILES string of the molecule is CC(C)(CCC(C(=O)O)(c1ccccc1)c1ccccc1)N1CC(Oc2cc(O)cc(Br)c2)C1. The average molecular weight is 524 g/mol. The highest BCUT2D eigenvalue weighted by Gasteiger charge is 2.45. The van der Waals surface area contributed by atoms with Crippen molar-refractivity contribution in [3.63, 3.8) is 0 Å². The molecule has 1 fully saturated rings. The summed E-state index contributed by atoms with van der Waals surface area (Å²) in [7, 11) is 0. The van der Waals surface area contributed by atoms with Gasteiger partial charge in [-0.25, -0.2) is 0 Å². The summed E-state index contributed by atoms with van der Waals surface area (Å²) in [6, 6.07) is 24.2. The number of carboxylic acid groups (broad SMARTS) is 1. The van der Waals surface area contributed by atoms with Crippen molar-refractivity contribution >= 4 is 21.9 Å². The summed E-state index contributed by atoms with van der Waals surface area (Å²) in [6.45, 7) is 5.82. The summed E-state index contributed by atoms with van der Waals surface area (Å²) in [5, 5.41) is 20.3. The van der Waals surface area contributed by atoms with Gasteiger partial charge in [-0.1, -0.05) is 76.6 Å². The number of rotatable bonds is 9. The highest BCUT2D eigenvalue weighted by Crippen LogP contribution is 2.40. The molecule has 0 radical (unpaired) electrons. The Morgan fingerprint density at radius 3 is 2.03 bits per heavy atom. The zero-order chi connectivity index (χ0) is 24.3. The van der Waals surface area contributed by atoms with Crippen LogP contribution in [0.5, 0.6) is 11.5 Å².